The molecule has 1 aliphatic heterocycles. The molecule has 0 N–H and O–H groups in total. The number of likely N-dealkylation sites (tertiary alicyclic amines) is 1. The molecular weight excluding hydrogens is 293 g/mol. The van der Waals surface area contributed by atoms with E-state index in [-0.39, 0.29) is 9.89 Å². The summed E-state index contributed by atoms with van der Waals surface area (Å²) in [5.74, 6) is 0.451. The molecule has 1 aliphatic rings. The van der Waals surface area contributed by atoms with E-state index in [1.165, 1.54) is 19.4 Å². The van der Waals surface area contributed by atoms with Crippen LogP contribution >= 0.6 is 22.6 Å². The highest BCUT2D eigenvalue weighted by molar-refractivity contribution is 14.1. The first-order valence-electron chi connectivity index (χ1n) is 5.09. The number of esters is 1. The van der Waals surface area contributed by atoms with Crippen molar-refractivity contribution < 1.29 is 9.53 Å². The van der Waals surface area contributed by atoms with Crippen molar-refractivity contribution >= 4 is 28.6 Å². The van der Waals surface area contributed by atoms with Gasteiger partial charge in [0.25, 0.3) is 0 Å². The van der Waals surface area contributed by atoms with Crippen molar-refractivity contribution in [2.24, 2.45) is 5.92 Å². The molecule has 14 heavy (non-hydrogen) atoms. The molecule has 0 aromatic carbocycles. The van der Waals surface area contributed by atoms with Crippen molar-refractivity contribution in [3.8, 4) is 0 Å². The third kappa shape index (κ3) is 4.13. The third-order valence-corrected chi connectivity index (χ3v) is 3.02. The molecule has 0 aromatic rings. The maximum absolute atomic E-state index is 11.2. The number of carbonyl (C=O) groups is 1. The molecule has 0 radical (unpaired) electrons. The number of halogens is 1. The lowest BCUT2D eigenvalue weighted by molar-refractivity contribution is -0.144. The smallest absolute Gasteiger partial charge is 0.318 e. The highest BCUT2D eigenvalue weighted by Crippen LogP contribution is 2.15. The number of hydrogen-bond acceptors (Lipinski definition) is 3. The van der Waals surface area contributed by atoms with Crippen molar-refractivity contribution in [3.05, 3.63) is 0 Å². The number of nitrogens with zero attached hydrogens (tertiary/aromatic N) is 1. The Hall–Kier alpha value is 0.160. The second-order valence-electron chi connectivity index (χ2n) is 4.02. The van der Waals surface area contributed by atoms with Crippen molar-refractivity contribution in [3.63, 3.8) is 0 Å². The standard InChI is InChI=1S/C10H18INO2/c1-8(11)10(13)14-7-9-4-3-5-12(2)6-9/h8-9H,3-7H2,1-2H3. The molecule has 0 saturated carbocycles. The zero-order valence-corrected chi connectivity index (χ0v) is 11.0. The normalized spacial score (nSPS) is 25.8. The number of carbonyl (C=O) groups excluding carboxylic acids is 1. The maximum atomic E-state index is 11.2. The monoisotopic (exact) mass is 311 g/mol. The van der Waals surface area contributed by atoms with Gasteiger partial charge in [-0.2, -0.15) is 0 Å². The van der Waals surface area contributed by atoms with Crippen LogP contribution in [0.3, 0.4) is 0 Å². The fourth-order valence-corrected chi connectivity index (χ4v) is 1.90. The maximum Gasteiger partial charge on any atom is 0.318 e. The molecule has 1 saturated heterocycles. The average molecular weight is 311 g/mol. The molecule has 0 aromatic heterocycles. The van der Waals surface area contributed by atoms with Crippen LogP contribution < -0.4 is 0 Å². The molecule has 1 heterocycles. The third-order valence-electron chi connectivity index (χ3n) is 2.51. The zero-order chi connectivity index (χ0) is 10.6. The fourth-order valence-electron chi connectivity index (χ4n) is 1.72. The van der Waals surface area contributed by atoms with Gasteiger partial charge in [0.05, 0.1) is 6.61 Å². The number of alkyl halides is 1. The first kappa shape index (κ1) is 12.2. The number of piperidine rings is 1. The number of rotatable bonds is 3. The summed E-state index contributed by atoms with van der Waals surface area (Å²) in [5, 5.41) is 0. The van der Waals surface area contributed by atoms with E-state index in [9.17, 15) is 4.79 Å². The predicted octanol–water partition coefficient (Wildman–Crippen LogP) is 1.69. The first-order chi connectivity index (χ1) is 6.59. The summed E-state index contributed by atoms with van der Waals surface area (Å²) < 4.78 is 5.18. The Balaban J connectivity index is 2.20. The largest absolute Gasteiger partial charge is 0.465 e. The van der Waals surface area contributed by atoms with Gasteiger partial charge in [-0.1, -0.05) is 22.6 Å². The van der Waals surface area contributed by atoms with Gasteiger partial charge in [-0.25, -0.2) is 0 Å². The summed E-state index contributed by atoms with van der Waals surface area (Å²) in [7, 11) is 2.12. The molecule has 0 aliphatic carbocycles. The van der Waals surface area contributed by atoms with Crippen LogP contribution in [0.4, 0.5) is 0 Å². The summed E-state index contributed by atoms with van der Waals surface area (Å²) in [6.07, 6.45) is 2.41. The Morgan fingerprint density at radius 3 is 3.00 bits per heavy atom. The van der Waals surface area contributed by atoms with Crippen molar-refractivity contribution in [1.29, 1.82) is 0 Å². The van der Waals surface area contributed by atoms with Crippen LogP contribution in [0.2, 0.25) is 0 Å². The number of hydrogen-bond donors (Lipinski definition) is 0. The van der Waals surface area contributed by atoms with Crippen molar-refractivity contribution in [2.75, 3.05) is 26.7 Å². The lowest BCUT2D eigenvalue weighted by Crippen LogP contribution is -2.35. The molecule has 2 unspecified atom stereocenters. The summed E-state index contributed by atoms with van der Waals surface area (Å²) in [4.78, 5) is 13.5. The average Bonchev–Trinajstić information content (AvgIpc) is 2.14. The van der Waals surface area contributed by atoms with Gasteiger partial charge in [0.2, 0.25) is 0 Å². The van der Waals surface area contributed by atoms with Crippen molar-refractivity contribution in [1.82, 2.24) is 4.90 Å². The lowest BCUT2D eigenvalue weighted by Gasteiger charge is -2.29. The number of ether oxygens (including phenoxy) is 1. The van der Waals surface area contributed by atoms with E-state index in [1.54, 1.807) is 0 Å². The molecule has 1 rings (SSSR count). The summed E-state index contributed by atoms with van der Waals surface area (Å²) in [6.45, 7) is 4.68. The summed E-state index contributed by atoms with van der Waals surface area (Å²) >= 11 is 2.08. The van der Waals surface area contributed by atoms with E-state index in [1.807, 2.05) is 6.92 Å². The molecule has 0 bridgehead atoms. The fraction of sp³-hybridized carbons (Fsp3) is 0.900. The summed E-state index contributed by atoms with van der Waals surface area (Å²) in [6, 6.07) is 0. The van der Waals surface area contributed by atoms with Gasteiger partial charge >= 0.3 is 5.97 Å². The van der Waals surface area contributed by atoms with E-state index >= 15 is 0 Å². The highest BCUT2D eigenvalue weighted by Gasteiger charge is 2.19. The van der Waals surface area contributed by atoms with Crippen LogP contribution in [0.5, 0.6) is 0 Å². The Labute approximate surface area is 99.3 Å². The van der Waals surface area contributed by atoms with Crippen LogP contribution in [-0.4, -0.2) is 41.5 Å². The van der Waals surface area contributed by atoms with E-state index in [4.69, 9.17) is 4.74 Å². The van der Waals surface area contributed by atoms with Gasteiger partial charge in [-0.15, -0.1) is 0 Å². The van der Waals surface area contributed by atoms with Gasteiger partial charge in [0.1, 0.15) is 3.92 Å². The van der Waals surface area contributed by atoms with Gasteiger partial charge < -0.3 is 9.64 Å². The minimum absolute atomic E-state index is 0.0334. The van der Waals surface area contributed by atoms with E-state index < -0.39 is 0 Å². The lowest BCUT2D eigenvalue weighted by atomic mass is 10.00. The van der Waals surface area contributed by atoms with E-state index in [0.717, 1.165) is 6.54 Å². The Morgan fingerprint density at radius 1 is 1.71 bits per heavy atom. The molecule has 0 spiro atoms. The molecule has 0 amide bonds. The Bertz CT molecular complexity index is 197. The van der Waals surface area contributed by atoms with E-state index in [0.29, 0.717) is 12.5 Å². The van der Waals surface area contributed by atoms with Gasteiger partial charge in [-0.3, -0.25) is 4.79 Å². The van der Waals surface area contributed by atoms with Crippen LogP contribution in [0, 0.1) is 5.92 Å². The topological polar surface area (TPSA) is 29.5 Å². The van der Waals surface area contributed by atoms with Crippen LogP contribution in [-0.2, 0) is 9.53 Å². The van der Waals surface area contributed by atoms with Gasteiger partial charge in [0, 0.05) is 12.5 Å². The van der Waals surface area contributed by atoms with Crippen molar-refractivity contribution in [2.45, 2.75) is 23.7 Å². The Kier molecular flexibility index (Phi) is 5.15. The van der Waals surface area contributed by atoms with Gasteiger partial charge in [0.15, 0.2) is 0 Å². The molecule has 3 nitrogen and oxygen atoms in total. The highest BCUT2D eigenvalue weighted by atomic mass is 127. The SMILES string of the molecule is CC(I)C(=O)OCC1CCCN(C)C1. The predicted molar refractivity (Wildman–Crippen MR) is 64.7 cm³/mol. The second kappa shape index (κ2) is 5.90. The Morgan fingerprint density at radius 2 is 2.43 bits per heavy atom. The van der Waals surface area contributed by atoms with E-state index in [2.05, 4.69) is 34.5 Å². The van der Waals surface area contributed by atoms with Crippen LogP contribution in [0.1, 0.15) is 19.8 Å². The van der Waals surface area contributed by atoms with Crippen LogP contribution in [0.25, 0.3) is 0 Å². The molecule has 4 heteroatoms. The van der Waals surface area contributed by atoms with Gasteiger partial charge in [-0.05, 0) is 33.4 Å². The molecular formula is C10H18INO2. The first-order valence-corrected chi connectivity index (χ1v) is 6.33. The quantitative estimate of drug-likeness (QED) is 0.451. The second-order valence-corrected chi connectivity index (χ2v) is 5.88. The molecule has 2 atom stereocenters. The zero-order valence-electron chi connectivity index (χ0n) is 8.83. The molecule has 1 fully saturated rings. The van der Waals surface area contributed by atoms with Crippen LogP contribution in [0.15, 0.2) is 0 Å². The molecule has 82 valence electrons. The minimum Gasteiger partial charge on any atom is -0.465 e. The summed E-state index contributed by atoms with van der Waals surface area (Å²) in [5.41, 5.74) is 0. The minimum atomic E-state index is -0.0844.